The zero-order chi connectivity index (χ0) is 31.1. The summed E-state index contributed by atoms with van der Waals surface area (Å²) in [4.78, 5) is 51.2. The molecule has 2 aromatic rings. The molecule has 2 atom stereocenters. The molecule has 42 heavy (non-hydrogen) atoms. The second-order valence-electron chi connectivity index (χ2n) is 13.1. The van der Waals surface area contributed by atoms with E-state index in [2.05, 4.69) is 4.98 Å². The number of piperazine rings is 1. The molecule has 1 aromatic carbocycles. The molecule has 1 saturated heterocycles. The van der Waals surface area contributed by atoms with Gasteiger partial charge in [0.05, 0.1) is 12.2 Å². The number of pyridine rings is 1. The second kappa shape index (κ2) is 11.6. The van der Waals surface area contributed by atoms with E-state index in [0.29, 0.717) is 30.0 Å². The molecule has 0 saturated carbocycles. The van der Waals surface area contributed by atoms with Gasteiger partial charge in [-0.1, -0.05) is 19.9 Å². The summed E-state index contributed by atoms with van der Waals surface area (Å²) < 4.78 is 33.3. The first kappa shape index (κ1) is 31.3. The summed E-state index contributed by atoms with van der Waals surface area (Å²) in [6.45, 7) is 12.1. The number of fused-ring (bicyclic) bond motifs is 1. The van der Waals surface area contributed by atoms with Gasteiger partial charge >= 0.3 is 6.09 Å². The fourth-order valence-electron chi connectivity index (χ4n) is 5.56. The third-order valence-electron chi connectivity index (χ3n) is 7.73. The van der Waals surface area contributed by atoms with Crippen LogP contribution in [0.2, 0.25) is 0 Å². The van der Waals surface area contributed by atoms with E-state index in [1.807, 2.05) is 25.7 Å². The Hall–Kier alpha value is -3.60. The first-order valence-electron chi connectivity index (χ1n) is 14.2. The van der Waals surface area contributed by atoms with Crippen LogP contribution in [0, 0.1) is 11.6 Å². The van der Waals surface area contributed by atoms with Gasteiger partial charge in [0, 0.05) is 75.1 Å². The molecule has 1 fully saturated rings. The normalized spacial score (nSPS) is 20.3. The predicted octanol–water partition coefficient (Wildman–Crippen LogP) is 3.97. The quantitative estimate of drug-likeness (QED) is 0.528. The van der Waals surface area contributed by atoms with Crippen molar-refractivity contribution in [1.82, 2.24) is 19.7 Å². The summed E-state index contributed by atoms with van der Waals surface area (Å²) in [7, 11) is 3.30. The number of anilines is 1. The van der Waals surface area contributed by atoms with Gasteiger partial charge in [0.15, 0.2) is 0 Å². The van der Waals surface area contributed by atoms with E-state index < -0.39 is 29.4 Å². The summed E-state index contributed by atoms with van der Waals surface area (Å²) in [5.74, 6) is -1.70. The maximum absolute atomic E-state index is 14.3. The van der Waals surface area contributed by atoms with Gasteiger partial charge in [0.25, 0.3) is 0 Å². The van der Waals surface area contributed by atoms with Crippen LogP contribution in [0.15, 0.2) is 30.5 Å². The molecule has 3 amide bonds. The second-order valence-corrected chi connectivity index (χ2v) is 13.1. The van der Waals surface area contributed by atoms with Crippen molar-refractivity contribution >= 4 is 23.6 Å². The number of hydrogen-bond donors (Lipinski definition) is 0. The van der Waals surface area contributed by atoms with Crippen molar-refractivity contribution in [2.75, 3.05) is 45.2 Å². The van der Waals surface area contributed by atoms with Crippen molar-refractivity contribution < 1.29 is 27.9 Å². The molecule has 2 aliphatic heterocycles. The van der Waals surface area contributed by atoms with Gasteiger partial charge in [-0.2, -0.15) is 0 Å². The van der Waals surface area contributed by atoms with E-state index >= 15 is 0 Å². The minimum Gasteiger partial charge on any atom is -0.444 e. The molecular weight excluding hydrogens is 544 g/mol. The fourth-order valence-corrected chi connectivity index (χ4v) is 5.56. The van der Waals surface area contributed by atoms with Gasteiger partial charge in [-0.05, 0) is 45.4 Å². The topological polar surface area (TPSA) is 86.3 Å². The molecule has 228 valence electrons. The Morgan fingerprint density at radius 2 is 1.81 bits per heavy atom. The highest BCUT2D eigenvalue weighted by Gasteiger charge is 2.43. The van der Waals surface area contributed by atoms with Crippen LogP contribution in [0.4, 0.5) is 19.3 Å². The molecule has 0 N–H and O–H groups in total. The lowest BCUT2D eigenvalue weighted by atomic mass is 9.88. The Kier molecular flexibility index (Phi) is 8.64. The molecule has 1 aromatic heterocycles. The first-order valence-corrected chi connectivity index (χ1v) is 14.2. The Balaban J connectivity index is 1.58. The number of aromatic nitrogens is 1. The Labute approximate surface area is 246 Å². The molecule has 0 bridgehead atoms. The van der Waals surface area contributed by atoms with E-state index in [1.165, 1.54) is 17.0 Å². The van der Waals surface area contributed by atoms with Crippen molar-refractivity contribution in [2.45, 2.75) is 71.1 Å². The monoisotopic (exact) mass is 585 g/mol. The van der Waals surface area contributed by atoms with Gasteiger partial charge in [-0.15, -0.1) is 0 Å². The molecule has 0 unspecified atom stereocenters. The highest BCUT2D eigenvalue weighted by atomic mass is 19.1. The van der Waals surface area contributed by atoms with Crippen LogP contribution < -0.4 is 4.90 Å². The Morgan fingerprint density at radius 1 is 1.12 bits per heavy atom. The first-order chi connectivity index (χ1) is 19.5. The summed E-state index contributed by atoms with van der Waals surface area (Å²) in [5, 5.41) is 0. The van der Waals surface area contributed by atoms with Gasteiger partial charge in [-0.3, -0.25) is 19.5 Å². The van der Waals surface area contributed by atoms with Crippen molar-refractivity contribution in [3.05, 3.63) is 58.9 Å². The van der Waals surface area contributed by atoms with Crippen LogP contribution in [0.3, 0.4) is 0 Å². The molecule has 0 radical (unpaired) electrons. The molecule has 11 heteroatoms. The fraction of sp³-hybridized carbons (Fsp3) is 0.548. The number of carbonyl (C=O) groups excluding carboxylic acids is 3. The maximum atomic E-state index is 14.3. The molecular formula is C31H41F2N5O4. The van der Waals surface area contributed by atoms with Crippen LogP contribution in [0.25, 0.3) is 0 Å². The highest BCUT2D eigenvalue weighted by molar-refractivity contribution is 5.98. The number of amides is 3. The lowest BCUT2D eigenvalue weighted by Gasteiger charge is -2.45. The largest absolute Gasteiger partial charge is 0.444 e. The van der Waals surface area contributed by atoms with Crippen molar-refractivity contribution in [3.8, 4) is 0 Å². The number of hydrogen-bond acceptors (Lipinski definition) is 6. The lowest BCUT2D eigenvalue weighted by molar-refractivity contribution is -0.138. The molecule has 0 aliphatic carbocycles. The summed E-state index contributed by atoms with van der Waals surface area (Å²) in [6, 6.07) is 4.22. The van der Waals surface area contributed by atoms with Crippen LogP contribution in [-0.2, 0) is 26.2 Å². The molecule has 2 aliphatic rings. The van der Waals surface area contributed by atoms with Gasteiger partial charge in [0.2, 0.25) is 11.8 Å². The number of nitrogens with zero attached hydrogens (tertiary/aromatic N) is 5. The molecule has 9 nitrogen and oxygen atoms in total. The number of benzene rings is 1. The van der Waals surface area contributed by atoms with Crippen molar-refractivity contribution in [3.63, 3.8) is 0 Å². The van der Waals surface area contributed by atoms with Crippen LogP contribution in [-0.4, -0.2) is 95.6 Å². The highest BCUT2D eigenvalue weighted by Crippen LogP contribution is 2.41. The predicted molar refractivity (Wildman–Crippen MR) is 155 cm³/mol. The van der Waals surface area contributed by atoms with E-state index in [-0.39, 0.29) is 42.8 Å². The van der Waals surface area contributed by atoms with E-state index in [1.54, 1.807) is 56.9 Å². The van der Waals surface area contributed by atoms with Crippen LogP contribution in [0.5, 0.6) is 0 Å². The number of rotatable bonds is 5. The van der Waals surface area contributed by atoms with Crippen molar-refractivity contribution in [2.24, 2.45) is 0 Å². The zero-order valence-corrected chi connectivity index (χ0v) is 25.7. The summed E-state index contributed by atoms with van der Waals surface area (Å²) >= 11 is 0. The van der Waals surface area contributed by atoms with Gasteiger partial charge in [0.1, 0.15) is 23.3 Å². The number of likely N-dealkylation sites (N-methyl/N-ethyl adjacent to an activating group) is 1. The van der Waals surface area contributed by atoms with Gasteiger partial charge < -0.3 is 19.4 Å². The van der Waals surface area contributed by atoms with Crippen molar-refractivity contribution in [1.29, 1.82) is 0 Å². The number of ether oxygens (including phenoxy) is 1. The number of halogens is 2. The maximum Gasteiger partial charge on any atom is 0.410 e. The average molecular weight is 586 g/mol. The third kappa shape index (κ3) is 6.72. The van der Waals surface area contributed by atoms with Gasteiger partial charge in [-0.25, -0.2) is 13.6 Å². The minimum atomic E-state index is -0.725. The lowest BCUT2D eigenvalue weighted by Crippen LogP contribution is -2.64. The average Bonchev–Trinajstić information content (AvgIpc) is 3.14. The van der Waals surface area contributed by atoms with Crippen LogP contribution >= 0.6 is 0 Å². The molecule has 3 heterocycles. The van der Waals surface area contributed by atoms with Crippen LogP contribution in [0.1, 0.15) is 58.4 Å². The third-order valence-corrected chi connectivity index (χ3v) is 7.73. The van der Waals surface area contributed by atoms with E-state index in [0.717, 1.165) is 11.6 Å². The Morgan fingerprint density at radius 3 is 2.43 bits per heavy atom. The summed E-state index contributed by atoms with van der Waals surface area (Å²) in [5.41, 5.74) is 1.38. The van der Waals surface area contributed by atoms with E-state index in [4.69, 9.17) is 4.74 Å². The molecule has 0 spiro atoms. The zero-order valence-electron chi connectivity index (χ0n) is 25.7. The summed E-state index contributed by atoms with van der Waals surface area (Å²) in [6.07, 6.45) is 1.37. The minimum absolute atomic E-state index is 0.0312. The number of carbonyl (C=O) groups is 3. The Bertz CT molecular complexity index is 1370. The smallest absolute Gasteiger partial charge is 0.410 e. The van der Waals surface area contributed by atoms with E-state index in [9.17, 15) is 23.2 Å². The standard InChI is InChI=1S/C31H41F2N5O4/c1-19-15-36(26(28(40)35(7)8)16-37(19)29(41)42-30(2,3)4)17-27(39)38-18-31(5,6)23-14-34-22(13-25(23)38)11-20-9-10-21(32)12-24(20)33/h9-10,12-14,19,26H,11,15-18H2,1-8H3/t19-,26-/m1/s1. The molecule has 4 rings (SSSR count). The SMILES string of the molecule is C[C@@H]1CN(CC(=O)N2CC(C)(C)c3cnc(Cc4ccc(F)cc4F)cc32)[C@@H](C(=O)N(C)C)CN1C(=O)OC(C)(C)C.